The lowest BCUT2D eigenvalue weighted by Gasteiger charge is -2.03. The summed E-state index contributed by atoms with van der Waals surface area (Å²) in [7, 11) is 0. The van der Waals surface area contributed by atoms with Crippen LogP contribution in [0, 0.1) is 6.42 Å². The lowest BCUT2D eigenvalue weighted by atomic mass is 10.1. The van der Waals surface area contributed by atoms with Crippen molar-refractivity contribution in [3.8, 4) is 0 Å². The van der Waals surface area contributed by atoms with E-state index in [1.807, 2.05) is 0 Å². The van der Waals surface area contributed by atoms with Crippen molar-refractivity contribution in [1.29, 1.82) is 0 Å². The Morgan fingerprint density at radius 1 is 1.00 bits per heavy atom. The van der Waals surface area contributed by atoms with Crippen LogP contribution in [0.2, 0.25) is 0 Å². The van der Waals surface area contributed by atoms with Crippen LogP contribution in [-0.2, 0) is 9.53 Å². The Morgan fingerprint density at radius 3 is 2.07 bits per heavy atom. The van der Waals surface area contributed by atoms with E-state index in [0.29, 0.717) is 6.61 Å². The van der Waals surface area contributed by atoms with E-state index in [-0.39, 0.29) is 5.97 Å². The molecule has 2 nitrogen and oxygen atoms in total. The lowest BCUT2D eigenvalue weighted by Crippen LogP contribution is -2.04. The van der Waals surface area contributed by atoms with E-state index in [0.717, 1.165) is 6.42 Å². The van der Waals surface area contributed by atoms with E-state index < -0.39 is 0 Å². The summed E-state index contributed by atoms with van der Waals surface area (Å²) < 4.78 is 4.94. The molecule has 0 fully saturated rings. The predicted octanol–water partition coefficient (Wildman–Crippen LogP) is 3.89. The minimum Gasteiger partial charge on any atom is -0.465 e. The Labute approximate surface area is 94.4 Å². The maximum absolute atomic E-state index is 10.7. The SMILES string of the molecule is C[CH]C(=O)OCCCCCCCCCC. The Hall–Kier alpha value is -0.530. The average Bonchev–Trinajstić information content (AvgIpc) is 2.26. The second kappa shape index (κ2) is 11.5. The molecule has 89 valence electrons. The zero-order valence-electron chi connectivity index (χ0n) is 10.3. The molecule has 0 unspecified atom stereocenters. The van der Waals surface area contributed by atoms with Crippen molar-refractivity contribution < 1.29 is 9.53 Å². The summed E-state index contributed by atoms with van der Waals surface area (Å²) >= 11 is 0. The fraction of sp³-hybridized carbons (Fsp3) is 0.846. The quantitative estimate of drug-likeness (QED) is 0.406. The van der Waals surface area contributed by atoms with Crippen molar-refractivity contribution in [2.24, 2.45) is 0 Å². The number of esters is 1. The van der Waals surface area contributed by atoms with Crippen LogP contribution in [0.15, 0.2) is 0 Å². The molecule has 0 N–H and O–H groups in total. The van der Waals surface area contributed by atoms with E-state index in [1.165, 1.54) is 51.4 Å². The van der Waals surface area contributed by atoms with Gasteiger partial charge in [-0.15, -0.1) is 0 Å². The van der Waals surface area contributed by atoms with Gasteiger partial charge in [0, 0.05) is 0 Å². The number of ether oxygens (including phenoxy) is 1. The molecule has 0 atom stereocenters. The first-order valence-electron chi connectivity index (χ1n) is 6.27. The number of carbonyl (C=O) groups is 1. The van der Waals surface area contributed by atoms with Gasteiger partial charge in [-0.25, -0.2) is 0 Å². The molecule has 15 heavy (non-hydrogen) atoms. The molecule has 0 aliphatic carbocycles. The van der Waals surface area contributed by atoms with Gasteiger partial charge >= 0.3 is 5.97 Å². The highest BCUT2D eigenvalue weighted by molar-refractivity contribution is 5.78. The van der Waals surface area contributed by atoms with Crippen molar-refractivity contribution >= 4 is 5.97 Å². The van der Waals surface area contributed by atoms with Gasteiger partial charge in [-0.2, -0.15) is 0 Å². The van der Waals surface area contributed by atoms with Crippen LogP contribution >= 0.6 is 0 Å². The molecule has 2 heteroatoms. The summed E-state index contributed by atoms with van der Waals surface area (Å²) in [6.07, 6.45) is 11.7. The summed E-state index contributed by atoms with van der Waals surface area (Å²) in [5.74, 6) is -0.196. The Bertz CT molecular complexity index is 143. The summed E-state index contributed by atoms with van der Waals surface area (Å²) in [6.45, 7) is 4.52. The third kappa shape index (κ3) is 11.4. The molecule has 0 spiro atoms. The third-order valence-corrected chi connectivity index (χ3v) is 2.48. The third-order valence-electron chi connectivity index (χ3n) is 2.48. The largest absolute Gasteiger partial charge is 0.465 e. The number of unbranched alkanes of at least 4 members (excludes halogenated alkanes) is 7. The van der Waals surface area contributed by atoms with Crippen LogP contribution < -0.4 is 0 Å². The summed E-state index contributed by atoms with van der Waals surface area (Å²) in [4.78, 5) is 10.7. The maximum atomic E-state index is 10.7. The number of hydrogen-bond donors (Lipinski definition) is 0. The summed E-state index contributed by atoms with van der Waals surface area (Å²) in [5, 5.41) is 0. The molecule has 0 saturated heterocycles. The maximum Gasteiger partial charge on any atom is 0.309 e. The molecular weight excluding hydrogens is 188 g/mol. The van der Waals surface area contributed by atoms with Gasteiger partial charge in [-0.1, -0.05) is 58.8 Å². The molecule has 0 heterocycles. The van der Waals surface area contributed by atoms with Crippen LogP contribution in [0.5, 0.6) is 0 Å². The van der Waals surface area contributed by atoms with E-state index in [9.17, 15) is 4.79 Å². The Balaban J connectivity index is 2.95. The van der Waals surface area contributed by atoms with E-state index in [2.05, 4.69) is 6.92 Å². The van der Waals surface area contributed by atoms with E-state index in [1.54, 1.807) is 6.92 Å². The molecule has 0 aromatic carbocycles. The van der Waals surface area contributed by atoms with Crippen molar-refractivity contribution in [2.45, 2.75) is 65.2 Å². The van der Waals surface area contributed by atoms with Crippen molar-refractivity contribution in [3.05, 3.63) is 6.42 Å². The smallest absolute Gasteiger partial charge is 0.309 e. The van der Waals surface area contributed by atoms with Crippen LogP contribution in [0.3, 0.4) is 0 Å². The first-order valence-corrected chi connectivity index (χ1v) is 6.27. The molecule has 0 saturated carbocycles. The van der Waals surface area contributed by atoms with Gasteiger partial charge < -0.3 is 4.74 Å². The van der Waals surface area contributed by atoms with Crippen LogP contribution in [-0.4, -0.2) is 12.6 Å². The fourth-order valence-corrected chi connectivity index (χ4v) is 1.49. The molecule has 1 radical (unpaired) electrons. The highest BCUT2D eigenvalue weighted by Crippen LogP contribution is 2.08. The highest BCUT2D eigenvalue weighted by Gasteiger charge is 1.97. The van der Waals surface area contributed by atoms with Crippen LogP contribution in [0.25, 0.3) is 0 Å². The predicted molar refractivity (Wildman–Crippen MR) is 63.5 cm³/mol. The summed E-state index contributed by atoms with van der Waals surface area (Å²) in [6, 6.07) is 0. The first-order chi connectivity index (χ1) is 7.31. The normalized spacial score (nSPS) is 10.3. The molecule has 0 amide bonds. The Morgan fingerprint density at radius 2 is 1.53 bits per heavy atom. The topological polar surface area (TPSA) is 26.3 Å². The molecule has 0 aromatic rings. The molecule has 0 bridgehead atoms. The van der Waals surface area contributed by atoms with Crippen molar-refractivity contribution in [2.75, 3.05) is 6.61 Å². The van der Waals surface area contributed by atoms with Gasteiger partial charge in [-0.3, -0.25) is 4.79 Å². The van der Waals surface area contributed by atoms with Gasteiger partial charge in [0.15, 0.2) is 0 Å². The summed E-state index contributed by atoms with van der Waals surface area (Å²) in [5.41, 5.74) is 0. The van der Waals surface area contributed by atoms with Crippen molar-refractivity contribution in [3.63, 3.8) is 0 Å². The average molecular weight is 213 g/mol. The number of carbonyl (C=O) groups excluding carboxylic acids is 1. The second-order valence-corrected chi connectivity index (χ2v) is 3.93. The first kappa shape index (κ1) is 14.5. The minimum atomic E-state index is -0.196. The Kier molecular flexibility index (Phi) is 11.1. The molecule has 0 aromatic heterocycles. The van der Waals surface area contributed by atoms with Crippen LogP contribution in [0.1, 0.15) is 65.2 Å². The number of hydrogen-bond acceptors (Lipinski definition) is 2. The van der Waals surface area contributed by atoms with Gasteiger partial charge in [0.05, 0.1) is 13.0 Å². The molecule has 0 aliphatic rings. The van der Waals surface area contributed by atoms with Gasteiger partial charge in [-0.05, 0) is 6.42 Å². The molecule has 0 rings (SSSR count). The standard InChI is InChI=1S/C13H25O2/c1-3-5-6-7-8-9-10-11-12-15-13(14)4-2/h4H,3,5-12H2,1-2H3. The molecule has 0 aliphatic heterocycles. The van der Waals surface area contributed by atoms with Gasteiger partial charge in [0.25, 0.3) is 0 Å². The minimum absolute atomic E-state index is 0.196. The monoisotopic (exact) mass is 213 g/mol. The highest BCUT2D eigenvalue weighted by atomic mass is 16.5. The molecular formula is C13H25O2. The number of rotatable bonds is 10. The zero-order chi connectivity index (χ0) is 11.4. The van der Waals surface area contributed by atoms with E-state index >= 15 is 0 Å². The fourth-order valence-electron chi connectivity index (χ4n) is 1.49. The second-order valence-electron chi connectivity index (χ2n) is 3.93. The lowest BCUT2D eigenvalue weighted by molar-refractivity contribution is -0.139. The van der Waals surface area contributed by atoms with Crippen LogP contribution in [0.4, 0.5) is 0 Å². The van der Waals surface area contributed by atoms with Gasteiger partial charge in [0.2, 0.25) is 0 Å². The van der Waals surface area contributed by atoms with Gasteiger partial charge in [0.1, 0.15) is 0 Å². The van der Waals surface area contributed by atoms with Crippen molar-refractivity contribution in [1.82, 2.24) is 0 Å². The zero-order valence-corrected chi connectivity index (χ0v) is 10.3. The van der Waals surface area contributed by atoms with E-state index in [4.69, 9.17) is 4.74 Å².